The largest absolute Gasteiger partial charge is 0.478 e. The fraction of sp³-hybridized carbons (Fsp3) is 0.231. The predicted octanol–water partition coefficient (Wildman–Crippen LogP) is 1.81. The Hall–Kier alpha value is -4.60. The second kappa shape index (κ2) is 7.45. The van der Waals surface area contributed by atoms with Crippen molar-refractivity contribution in [1.82, 2.24) is 0 Å². The van der Waals surface area contributed by atoms with E-state index in [-0.39, 0.29) is 22.5 Å². The molecular formula is C26H18N2O8. The van der Waals surface area contributed by atoms with Gasteiger partial charge in [-0.15, -0.1) is 0 Å². The molecule has 7 rings (SSSR count). The Kier molecular flexibility index (Phi) is 4.53. The molecule has 0 aromatic heterocycles. The Balaban J connectivity index is 1.34. The third-order valence-corrected chi connectivity index (χ3v) is 7.76. The minimum Gasteiger partial charge on any atom is -0.478 e. The zero-order chi connectivity index (χ0) is 25.5. The van der Waals surface area contributed by atoms with Crippen LogP contribution in [0.3, 0.4) is 0 Å². The van der Waals surface area contributed by atoms with Crippen LogP contribution >= 0.6 is 0 Å². The van der Waals surface area contributed by atoms with Gasteiger partial charge in [0.1, 0.15) is 0 Å². The summed E-state index contributed by atoms with van der Waals surface area (Å²) in [6.45, 7) is 0. The molecule has 180 valence electrons. The van der Waals surface area contributed by atoms with Gasteiger partial charge in [-0.3, -0.25) is 29.0 Å². The molecule has 10 nitrogen and oxygen atoms in total. The number of benzene rings is 2. The molecule has 10 heteroatoms. The number of hydrogen-bond donors (Lipinski definition) is 2. The van der Waals surface area contributed by atoms with Crippen molar-refractivity contribution in [2.24, 2.45) is 35.5 Å². The summed E-state index contributed by atoms with van der Waals surface area (Å²) >= 11 is 0. The highest BCUT2D eigenvalue weighted by atomic mass is 16.4. The maximum absolute atomic E-state index is 13.5. The van der Waals surface area contributed by atoms with Crippen LogP contribution in [0.15, 0.2) is 60.7 Å². The van der Waals surface area contributed by atoms with E-state index in [0.29, 0.717) is 0 Å². The van der Waals surface area contributed by atoms with Crippen LogP contribution in [0.25, 0.3) is 0 Å². The highest BCUT2D eigenvalue weighted by Crippen LogP contribution is 2.58. The molecule has 2 bridgehead atoms. The Morgan fingerprint density at radius 1 is 0.528 bits per heavy atom. The van der Waals surface area contributed by atoms with Crippen LogP contribution < -0.4 is 9.80 Å². The van der Waals surface area contributed by atoms with Gasteiger partial charge >= 0.3 is 11.9 Å². The molecule has 2 aliphatic heterocycles. The smallest absolute Gasteiger partial charge is 0.335 e. The van der Waals surface area contributed by atoms with Crippen molar-refractivity contribution in [3.63, 3.8) is 0 Å². The molecular weight excluding hydrogens is 468 g/mol. The van der Waals surface area contributed by atoms with Crippen molar-refractivity contribution in [2.45, 2.75) is 0 Å². The fourth-order valence-corrected chi connectivity index (χ4v) is 6.24. The average molecular weight is 486 g/mol. The van der Waals surface area contributed by atoms with Crippen molar-refractivity contribution in [2.75, 3.05) is 9.80 Å². The van der Waals surface area contributed by atoms with Crippen LogP contribution in [0.4, 0.5) is 11.4 Å². The van der Waals surface area contributed by atoms with Gasteiger partial charge in [-0.05, 0) is 48.5 Å². The van der Waals surface area contributed by atoms with Crippen molar-refractivity contribution in [3.8, 4) is 0 Å². The number of carboxylic acid groups (broad SMARTS) is 2. The summed E-state index contributed by atoms with van der Waals surface area (Å²) in [7, 11) is 0. The average Bonchev–Trinajstić information content (AvgIpc) is 3.31. The van der Waals surface area contributed by atoms with E-state index in [4.69, 9.17) is 10.2 Å². The van der Waals surface area contributed by atoms with E-state index < -0.39 is 71.1 Å². The molecule has 1 saturated carbocycles. The number of anilines is 2. The summed E-state index contributed by atoms with van der Waals surface area (Å²) in [6.07, 6.45) is 3.49. The van der Waals surface area contributed by atoms with E-state index in [1.165, 1.54) is 48.5 Å². The minimum atomic E-state index is -1.14. The normalized spacial score (nSPS) is 30.1. The lowest BCUT2D eigenvalue weighted by atomic mass is 9.54. The number of nitrogens with zero attached hydrogens (tertiary/aromatic N) is 2. The maximum Gasteiger partial charge on any atom is 0.335 e. The number of rotatable bonds is 4. The number of imide groups is 2. The molecule has 6 atom stereocenters. The number of amides is 4. The van der Waals surface area contributed by atoms with E-state index in [9.17, 15) is 28.8 Å². The van der Waals surface area contributed by atoms with Gasteiger partial charge in [-0.1, -0.05) is 12.2 Å². The molecule has 2 N–H and O–H groups in total. The van der Waals surface area contributed by atoms with Crippen LogP contribution in [-0.2, 0) is 19.2 Å². The number of carbonyl (C=O) groups excluding carboxylic acids is 4. The lowest BCUT2D eigenvalue weighted by Gasteiger charge is -2.44. The van der Waals surface area contributed by atoms with Crippen molar-refractivity contribution in [3.05, 3.63) is 71.8 Å². The molecule has 2 heterocycles. The maximum atomic E-state index is 13.5. The zero-order valence-corrected chi connectivity index (χ0v) is 18.5. The molecule has 3 aliphatic carbocycles. The first kappa shape index (κ1) is 21.9. The highest BCUT2D eigenvalue weighted by Gasteiger charge is 2.68. The van der Waals surface area contributed by atoms with E-state index in [2.05, 4.69) is 0 Å². The molecule has 2 aromatic rings. The van der Waals surface area contributed by atoms with Crippen LogP contribution in [-0.4, -0.2) is 45.8 Å². The van der Waals surface area contributed by atoms with Crippen LogP contribution in [0.5, 0.6) is 0 Å². The third-order valence-electron chi connectivity index (χ3n) is 7.76. The SMILES string of the molecule is O=C(O)c1ccc(N2C(=O)[C@@H]3C4C=CC([C@@H]3C2=O)[C@@H]2C(=O)N(c3ccc(C(=O)O)cc3)C(=O)[C@@H]42)cc1. The molecule has 5 aliphatic rings. The number of carboxylic acids is 2. The topological polar surface area (TPSA) is 149 Å². The molecule has 2 unspecified atom stereocenters. The lowest BCUT2D eigenvalue weighted by molar-refractivity contribution is -0.137. The van der Waals surface area contributed by atoms with Crippen molar-refractivity contribution >= 4 is 46.9 Å². The molecule has 3 fully saturated rings. The van der Waals surface area contributed by atoms with Crippen LogP contribution in [0.2, 0.25) is 0 Å². The molecule has 0 spiro atoms. The van der Waals surface area contributed by atoms with Gasteiger partial charge < -0.3 is 10.2 Å². The van der Waals surface area contributed by atoms with Crippen molar-refractivity contribution < 1.29 is 39.0 Å². The van der Waals surface area contributed by atoms with Crippen LogP contribution in [0.1, 0.15) is 20.7 Å². The fourth-order valence-electron chi connectivity index (χ4n) is 6.24. The summed E-state index contributed by atoms with van der Waals surface area (Å²) in [6, 6.07) is 10.8. The summed E-state index contributed by atoms with van der Waals surface area (Å²) < 4.78 is 0. The first-order valence-electron chi connectivity index (χ1n) is 11.3. The Morgan fingerprint density at radius 2 is 0.806 bits per heavy atom. The molecule has 36 heavy (non-hydrogen) atoms. The van der Waals surface area contributed by atoms with Gasteiger partial charge in [-0.25, -0.2) is 9.59 Å². The lowest BCUT2D eigenvalue weighted by Crippen LogP contribution is -2.50. The highest BCUT2D eigenvalue weighted by molar-refractivity contribution is 6.26. The first-order valence-corrected chi connectivity index (χ1v) is 11.3. The van der Waals surface area contributed by atoms with Crippen molar-refractivity contribution in [1.29, 1.82) is 0 Å². The molecule has 2 saturated heterocycles. The first-order chi connectivity index (χ1) is 17.2. The summed E-state index contributed by atoms with van der Waals surface area (Å²) in [5, 5.41) is 18.2. The standard InChI is InChI=1S/C26H18N2O8/c29-21-17-15-9-10-16(18(17)22(30)27(21)13-5-1-11(2-6-13)25(33)34)20-19(15)23(31)28(24(20)32)14-7-3-12(4-8-14)26(35)36/h1-10,15-20H,(H,33,34)(H,35,36)/t15?,16?,17-,18-,19-,20+/m0/s1. The number of carbonyl (C=O) groups is 6. The second-order valence-corrected chi connectivity index (χ2v) is 9.37. The summed E-state index contributed by atoms with van der Waals surface area (Å²) in [5.74, 6) is -8.70. The summed E-state index contributed by atoms with van der Waals surface area (Å²) in [4.78, 5) is 78.3. The number of hydrogen-bond acceptors (Lipinski definition) is 6. The number of aromatic carboxylic acids is 2. The van der Waals surface area contributed by atoms with Gasteiger partial charge in [0.2, 0.25) is 23.6 Å². The van der Waals surface area contributed by atoms with E-state index >= 15 is 0 Å². The van der Waals surface area contributed by atoms with E-state index in [1.54, 1.807) is 12.2 Å². The van der Waals surface area contributed by atoms with E-state index in [1.807, 2.05) is 0 Å². The third kappa shape index (κ3) is 2.78. The van der Waals surface area contributed by atoms with E-state index in [0.717, 1.165) is 9.80 Å². The minimum absolute atomic E-state index is 0.0131. The quantitative estimate of drug-likeness (QED) is 0.491. The Bertz CT molecular complexity index is 1260. The Labute approximate surface area is 203 Å². The van der Waals surface area contributed by atoms with Gasteiger partial charge in [0, 0.05) is 11.8 Å². The van der Waals surface area contributed by atoms with Gasteiger partial charge in [0.15, 0.2) is 0 Å². The zero-order valence-electron chi connectivity index (χ0n) is 18.5. The van der Waals surface area contributed by atoms with Crippen LogP contribution in [0, 0.1) is 35.5 Å². The van der Waals surface area contributed by atoms with Gasteiger partial charge in [-0.2, -0.15) is 0 Å². The second-order valence-electron chi connectivity index (χ2n) is 9.37. The Morgan fingerprint density at radius 3 is 1.06 bits per heavy atom. The molecule has 2 aromatic carbocycles. The number of allylic oxidation sites excluding steroid dienone is 2. The van der Waals surface area contributed by atoms with Gasteiger partial charge in [0.05, 0.1) is 46.2 Å². The monoisotopic (exact) mass is 486 g/mol. The predicted molar refractivity (Wildman–Crippen MR) is 122 cm³/mol. The summed E-state index contributed by atoms with van der Waals surface area (Å²) in [5.41, 5.74) is 0.511. The molecule has 4 amide bonds. The van der Waals surface area contributed by atoms with Gasteiger partial charge in [0.25, 0.3) is 0 Å². The molecule has 0 radical (unpaired) electrons.